The van der Waals surface area contributed by atoms with E-state index in [0.717, 1.165) is 16.2 Å². The molecule has 2 aliphatic rings. The summed E-state index contributed by atoms with van der Waals surface area (Å²) in [7, 11) is -2.56. The number of likely N-dealkylation sites (tertiary alicyclic amines) is 1. The van der Waals surface area contributed by atoms with Crippen LogP contribution in [0.1, 0.15) is 33.6 Å². The van der Waals surface area contributed by atoms with E-state index in [4.69, 9.17) is 0 Å². The van der Waals surface area contributed by atoms with Gasteiger partial charge < -0.3 is 10.2 Å². The summed E-state index contributed by atoms with van der Waals surface area (Å²) in [6.45, 7) is 0.903. The van der Waals surface area contributed by atoms with Crippen LogP contribution in [0, 0.1) is 0 Å². The van der Waals surface area contributed by atoms with E-state index < -0.39 is 40.9 Å². The number of carbonyl (C=O) groups is 2. The predicted molar refractivity (Wildman–Crippen MR) is 86.0 cm³/mol. The van der Waals surface area contributed by atoms with Crippen molar-refractivity contribution in [3.8, 4) is 0 Å². The van der Waals surface area contributed by atoms with Crippen LogP contribution in [0.4, 0.5) is 8.78 Å². The van der Waals surface area contributed by atoms with Crippen LogP contribution in [0.5, 0.6) is 0 Å². The van der Waals surface area contributed by atoms with E-state index in [1.165, 1.54) is 5.38 Å². The summed E-state index contributed by atoms with van der Waals surface area (Å²) in [5.41, 5.74) is -0.0346. The highest BCUT2D eigenvalue weighted by atomic mass is 32.3. The number of aromatic nitrogens is 1. The molecule has 24 heavy (non-hydrogen) atoms. The van der Waals surface area contributed by atoms with E-state index >= 15 is 0 Å². The Labute approximate surface area is 142 Å². The minimum Gasteiger partial charge on any atom is -0.344 e. The quantitative estimate of drug-likeness (QED) is 0.742. The summed E-state index contributed by atoms with van der Waals surface area (Å²) in [6.07, 6.45) is -0.385. The molecule has 1 unspecified atom stereocenters. The molecule has 2 amide bonds. The van der Waals surface area contributed by atoms with E-state index in [2.05, 4.69) is 10.3 Å². The van der Waals surface area contributed by atoms with Crippen molar-refractivity contribution < 1.29 is 27.5 Å². The van der Waals surface area contributed by atoms with Crippen molar-refractivity contribution in [3.63, 3.8) is 0 Å². The number of alkyl halides is 2. The lowest BCUT2D eigenvalue weighted by Crippen LogP contribution is -2.50. The molecule has 11 heteroatoms. The molecule has 3 rings (SSSR count). The Balaban J connectivity index is 1.63. The lowest BCUT2D eigenvalue weighted by Gasteiger charge is -2.46. The number of rotatable bonds is 3. The van der Waals surface area contributed by atoms with Crippen LogP contribution >= 0.6 is 21.9 Å². The first-order chi connectivity index (χ1) is 11.1. The SMILES string of the molecule is CC1CC(F)(F)CN1C(=O)c1csc(C(=O)NC2CS(O)(O)C2)n1. The second-order valence-corrected chi connectivity index (χ2v) is 9.32. The van der Waals surface area contributed by atoms with Gasteiger partial charge in [-0.25, -0.2) is 13.8 Å². The largest absolute Gasteiger partial charge is 0.344 e. The van der Waals surface area contributed by atoms with Gasteiger partial charge in [-0.3, -0.25) is 18.7 Å². The van der Waals surface area contributed by atoms with Gasteiger partial charge in [0.15, 0.2) is 5.01 Å². The maximum absolute atomic E-state index is 13.4. The average molecular weight is 381 g/mol. The second-order valence-electron chi connectivity index (χ2n) is 6.19. The summed E-state index contributed by atoms with van der Waals surface area (Å²) in [6, 6.07) is -0.922. The molecule has 134 valence electrons. The molecule has 3 N–H and O–H groups in total. The number of thiazole rings is 1. The third-order valence-electron chi connectivity index (χ3n) is 3.98. The molecule has 3 heterocycles. The van der Waals surface area contributed by atoms with Gasteiger partial charge in [-0.1, -0.05) is 0 Å². The second kappa shape index (κ2) is 5.90. The van der Waals surface area contributed by atoms with Gasteiger partial charge in [-0.15, -0.1) is 11.3 Å². The fourth-order valence-electron chi connectivity index (χ4n) is 2.83. The standard InChI is InChI=1S/C13H17F2N3O4S2/c1-7-2-13(14,15)6-18(7)12(20)9-3-23-11(17-9)10(19)16-8-4-24(21,22)5-8/h3,7-8,21-22H,2,4-6H2,1H3,(H,16,19). The first kappa shape index (κ1) is 17.5. The molecule has 2 fully saturated rings. The third kappa shape index (κ3) is 3.53. The summed E-state index contributed by atoms with van der Waals surface area (Å²) < 4.78 is 45.4. The Morgan fingerprint density at radius 1 is 1.46 bits per heavy atom. The van der Waals surface area contributed by atoms with Crippen LogP contribution in [0.2, 0.25) is 0 Å². The fourth-order valence-corrected chi connectivity index (χ4v) is 4.89. The maximum Gasteiger partial charge on any atom is 0.280 e. The molecule has 1 atom stereocenters. The molecule has 0 radical (unpaired) electrons. The molecule has 0 aromatic carbocycles. The molecule has 2 saturated heterocycles. The van der Waals surface area contributed by atoms with Crippen LogP contribution in [-0.2, 0) is 0 Å². The fraction of sp³-hybridized carbons (Fsp3) is 0.615. The smallest absolute Gasteiger partial charge is 0.280 e. The van der Waals surface area contributed by atoms with Crippen LogP contribution in [-0.4, -0.2) is 66.9 Å². The van der Waals surface area contributed by atoms with Gasteiger partial charge >= 0.3 is 0 Å². The van der Waals surface area contributed by atoms with Crippen LogP contribution in [0.3, 0.4) is 0 Å². The Bertz CT molecular complexity index is 674. The normalized spacial score (nSPS) is 26.7. The molecule has 0 spiro atoms. The van der Waals surface area contributed by atoms with Crippen LogP contribution < -0.4 is 5.32 Å². The van der Waals surface area contributed by atoms with E-state index in [0.29, 0.717) is 0 Å². The minimum atomic E-state index is -2.90. The molecule has 1 aromatic heterocycles. The van der Waals surface area contributed by atoms with Gasteiger partial charge in [0.05, 0.1) is 24.1 Å². The lowest BCUT2D eigenvalue weighted by molar-refractivity contribution is 0.0117. The van der Waals surface area contributed by atoms with Crippen LogP contribution in [0.15, 0.2) is 5.38 Å². The Morgan fingerprint density at radius 3 is 2.67 bits per heavy atom. The number of hydrogen-bond acceptors (Lipinski definition) is 6. The van der Waals surface area contributed by atoms with E-state index in [-0.39, 0.29) is 34.7 Å². The highest BCUT2D eigenvalue weighted by Crippen LogP contribution is 2.48. The average Bonchev–Trinajstić information content (AvgIpc) is 3.00. The van der Waals surface area contributed by atoms with Crippen molar-refractivity contribution >= 4 is 33.7 Å². The first-order valence-corrected chi connectivity index (χ1v) is 10.0. The molecule has 7 nitrogen and oxygen atoms in total. The van der Waals surface area contributed by atoms with Gasteiger partial charge in [0.2, 0.25) is 0 Å². The van der Waals surface area contributed by atoms with Gasteiger partial charge in [0.25, 0.3) is 17.7 Å². The van der Waals surface area contributed by atoms with Crippen molar-refractivity contribution in [2.45, 2.75) is 31.4 Å². The number of amides is 2. The number of halogens is 2. The zero-order valence-corrected chi connectivity index (χ0v) is 14.4. The van der Waals surface area contributed by atoms with Crippen molar-refractivity contribution in [2.75, 3.05) is 18.1 Å². The molecule has 0 saturated carbocycles. The molecule has 2 aliphatic heterocycles. The number of carbonyl (C=O) groups excluding carboxylic acids is 2. The van der Waals surface area contributed by atoms with Gasteiger partial charge in [0.1, 0.15) is 5.69 Å². The Hall–Kier alpha value is -1.30. The predicted octanol–water partition coefficient (Wildman–Crippen LogP) is 1.88. The highest BCUT2D eigenvalue weighted by Gasteiger charge is 2.45. The molecular weight excluding hydrogens is 364 g/mol. The van der Waals surface area contributed by atoms with E-state index in [9.17, 15) is 27.5 Å². The number of hydrogen-bond donors (Lipinski definition) is 3. The van der Waals surface area contributed by atoms with Crippen molar-refractivity contribution in [1.82, 2.24) is 15.2 Å². The number of nitrogens with zero attached hydrogens (tertiary/aromatic N) is 2. The Kier molecular flexibility index (Phi) is 4.31. The minimum absolute atomic E-state index is 0.0346. The van der Waals surface area contributed by atoms with Gasteiger partial charge in [-0.2, -0.15) is 10.6 Å². The topological polar surface area (TPSA) is 103 Å². The summed E-state index contributed by atoms with van der Waals surface area (Å²) in [5, 5.41) is 4.01. The molecule has 0 bridgehead atoms. The van der Waals surface area contributed by atoms with Gasteiger partial charge in [0, 0.05) is 17.8 Å². The van der Waals surface area contributed by atoms with Crippen molar-refractivity contribution in [3.05, 3.63) is 16.1 Å². The molecule has 1 aromatic rings. The zero-order chi connectivity index (χ0) is 17.7. The van der Waals surface area contributed by atoms with Crippen molar-refractivity contribution in [2.24, 2.45) is 0 Å². The third-order valence-corrected chi connectivity index (χ3v) is 6.69. The summed E-state index contributed by atoms with van der Waals surface area (Å²) in [4.78, 5) is 29.3. The first-order valence-electron chi connectivity index (χ1n) is 7.25. The van der Waals surface area contributed by atoms with Crippen molar-refractivity contribution in [1.29, 1.82) is 0 Å². The lowest BCUT2D eigenvalue weighted by atomic mass is 10.2. The zero-order valence-electron chi connectivity index (χ0n) is 12.7. The Morgan fingerprint density at radius 2 is 2.12 bits per heavy atom. The molecular formula is C13H17F2N3O4S2. The number of nitrogens with one attached hydrogen (secondary N) is 1. The van der Waals surface area contributed by atoms with E-state index in [1.807, 2.05) is 0 Å². The van der Waals surface area contributed by atoms with Gasteiger partial charge in [-0.05, 0) is 6.92 Å². The monoisotopic (exact) mass is 381 g/mol. The van der Waals surface area contributed by atoms with Crippen LogP contribution in [0.25, 0.3) is 0 Å². The summed E-state index contributed by atoms with van der Waals surface area (Å²) >= 11 is 0.946. The highest BCUT2D eigenvalue weighted by molar-refractivity contribution is 8.25. The maximum atomic E-state index is 13.4. The molecule has 0 aliphatic carbocycles. The van der Waals surface area contributed by atoms with E-state index in [1.54, 1.807) is 6.92 Å². The summed E-state index contributed by atoms with van der Waals surface area (Å²) in [5.74, 6) is -3.82.